The molecular weight excluding hydrogens is 286 g/mol. The third-order valence-corrected chi connectivity index (χ3v) is 3.76. The van der Waals surface area contributed by atoms with Gasteiger partial charge in [-0.05, 0) is 12.1 Å². The summed E-state index contributed by atoms with van der Waals surface area (Å²) >= 11 is 7.37. The van der Waals surface area contributed by atoms with Crippen molar-refractivity contribution in [2.24, 2.45) is 0 Å². The zero-order valence-corrected chi connectivity index (χ0v) is 11.8. The number of hydrogen-bond donors (Lipinski definition) is 0. The van der Waals surface area contributed by atoms with E-state index in [-0.39, 0.29) is 5.69 Å². The molecule has 0 saturated carbocycles. The molecule has 1 heterocycles. The number of anilines is 1. The molecule has 0 saturated heterocycles. The predicted molar refractivity (Wildman–Crippen MR) is 77.2 cm³/mol. The standard InChI is InChI=1S/C12H12ClN3O2S/c1-15(6-4-12-14-5-7-19-12)10-3-2-9(13)8-11(10)16(17)18/h2-3,5,7-8H,4,6H2,1H3. The average molecular weight is 298 g/mol. The van der Waals surface area contributed by atoms with Crippen LogP contribution < -0.4 is 4.90 Å². The number of aromatic nitrogens is 1. The van der Waals surface area contributed by atoms with E-state index in [1.165, 1.54) is 6.07 Å². The largest absolute Gasteiger partial charge is 0.369 e. The van der Waals surface area contributed by atoms with Crippen LogP contribution >= 0.6 is 22.9 Å². The van der Waals surface area contributed by atoms with Crippen LogP contribution in [0.4, 0.5) is 11.4 Å². The number of rotatable bonds is 5. The van der Waals surface area contributed by atoms with Crippen LogP contribution in [0.3, 0.4) is 0 Å². The fourth-order valence-corrected chi connectivity index (χ4v) is 2.50. The summed E-state index contributed by atoms with van der Waals surface area (Å²) in [5.74, 6) is 0. The van der Waals surface area contributed by atoms with Crippen molar-refractivity contribution in [1.29, 1.82) is 0 Å². The Bertz CT molecular complexity index is 574. The molecule has 1 aromatic carbocycles. The summed E-state index contributed by atoms with van der Waals surface area (Å²) < 4.78 is 0. The van der Waals surface area contributed by atoms with Gasteiger partial charge in [-0.15, -0.1) is 11.3 Å². The van der Waals surface area contributed by atoms with Crippen molar-refractivity contribution in [1.82, 2.24) is 4.98 Å². The fraction of sp³-hybridized carbons (Fsp3) is 0.250. The summed E-state index contributed by atoms with van der Waals surface area (Å²) in [6.45, 7) is 0.663. The molecule has 0 fully saturated rings. The lowest BCUT2D eigenvalue weighted by atomic mass is 10.2. The number of nitrogens with zero attached hydrogens (tertiary/aromatic N) is 3. The molecule has 0 aliphatic carbocycles. The first-order valence-electron chi connectivity index (χ1n) is 5.61. The normalized spacial score (nSPS) is 10.4. The van der Waals surface area contributed by atoms with E-state index in [1.54, 1.807) is 29.7 Å². The van der Waals surface area contributed by atoms with Gasteiger partial charge < -0.3 is 4.90 Å². The van der Waals surface area contributed by atoms with Crippen LogP contribution in [0.2, 0.25) is 5.02 Å². The van der Waals surface area contributed by atoms with Crippen LogP contribution in [0.5, 0.6) is 0 Å². The van der Waals surface area contributed by atoms with Gasteiger partial charge in [0.15, 0.2) is 0 Å². The first-order chi connectivity index (χ1) is 9.08. The topological polar surface area (TPSA) is 59.3 Å². The molecule has 0 amide bonds. The van der Waals surface area contributed by atoms with Crippen LogP contribution in [0.15, 0.2) is 29.8 Å². The first kappa shape index (κ1) is 13.8. The lowest BCUT2D eigenvalue weighted by Gasteiger charge is -2.18. The molecule has 100 valence electrons. The van der Waals surface area contributed by atoms with Crippen molar-refractivity contribution in [2.75, 3.05) is 18.5 Å². The van der Waals surface area contributed by atoms with E-state index in [9.17, 15) is 10.1 Å². The third kappa shape index (κ3) is 3.42. The van der Waals surface area contributed by atoms with Gasteiger partial charge in [-0.3, -0.25) is 10.1 Å². The van der Waals surface area contributed by atoms with Crippen LogP contribution in [0.1, 0.15) is 5.01 Å². The molecule has 0 unspecified atom stereocenters. The van der Waals surface area contributed by atoms with Crippen molar-refractivity contribution in [3.05, 3.63) is 49.9 Å². The van der Waals surface area contributed by atoms with Gasteiger partial charge in [0.25, 0.3) is 5.69 Å². The van der Waals surface area contributed by atoms with E-state index in [0.717, 1.165) is 11.4 Å². The Morgan fingerprint density at radius 3 is 2.95 bits per heavy atom. The molecule has 0 N–H and O–H groups in total. The number of likely N-dealkylation sites (N-methyl/N-ethyl adjacent to an activating group) is 1. The monoisotopic (exact) mass is 297 g/mol. The van der Waals surface area contributed by atoms with Gasteiger partial charge >= 0.3 is 0 Å². The smallest absolute Gasteiger partial charge is 0.294 e. The summed E-state index contributed by atoms with van der Waals surface area (Å²) in [6, 6.07) is 4.70. The molecule has 2 rings (SSSR count). The summed E-state index contributed by atoms with van der Waals surface area (Å²) in [6.07, 6.45) is 2.51. The second kappa shape index (κ2) is 5.99. The van der Waals surface area contributed by atoms with E-state index >= 15 is 0 Å². The maximum Gasteiger partial charge on any atom is 0.294 e. The van der Waals surface area contributed by atoms with Crippen LogP contribution in [-0.4, -0.2) is 23.5 Å². The molecule has 7 heteroatoms. The molecule has 0 bridgehead atoms. The Labute approximate surface area is 119 Å². The van der Waals surface area contributed by atoms with Crippen molar-refractivity contribution < 1.29 is 4.92 Å². The number of hydrogen-bond acceptors (Lipinski definition) is 5. The van der Waals surface area contributed by atoms with E-state index in [1.807, 2.05) is 17.3 Å². The lowest BCUT2D eigenvalue weighted by Crippen LogP contribution is -2.21. The summed E-state index contributed by atoms with van der Waals surface area (Å²) in [7, 11) is 1.82. The fourth-order valence-electron chi connectivity index (χ4n) is 1.73. The molecule has 0 aliphatic heterocycles. The highest BCUT2D eigenvalue weighted by Gasteiger charge is 2.17. The highest BCUT2D eigenvalue weighted by Crippen LogP contribution is 2.30. The Morgan fingerprint density at radius 2 is 2.32 bits per heavy atom. The van der Waals surface area contributed by atoms with Gasteiger partial charge in [-0.2, -0.15) is 0 Å². The first-order valence-corrected chi connectivity index (χ1v) is 6.87. The molecule has 1 aromatic heterocycles. The summed E-state index contributed by atoms with van der Waals surface area (Å²) in [5.41, 5.74) is 0.583. The molecule has 19 heavy (non-hydrogen) atoms. The van der Waals surface area contributed by atoms with E-state index in [0.29, 0.717) is 17.3 Å². The minimum Gasteiger partial charge on any atom is -0.369 e. The maximum atomic E-state index is 11.0. The minimum absolute atomic E-state index is 0.0224. The van der Waals surface area contributed by atoms with E-state index < -0.39 is 4.92 Å². The van der Waals surface area contributed by atoms with Gasteiger partial charge in [-0.1, -0.05) is 11.6 Å². The molecule has 2 aromatic rings. The number of thiazole rings is 1. The Morgan fingerprint density at radius 1 is 1.53 bits per heavy atom. The highest BCUT2D eigenvalue weighted by atomic mass is 35.5. The molecular formula is C12H12ClN3O2S. The minimum atomic E-state index is -0.416. The summed E-state index contributed by atoms with van der Waals surface area (Å²) in [4.78, 5) is 16.6. The third-order valence-electron chi connectivity index (χ3n) is 2.69. The highest BCUT2D eigenvalue weighted by molar-refractivity contribution is 7.09. The van der Waals surface area contributed by atoms with Crippen LogP contribution in [0.25, 0.3) is 0 Å². The lowest BCUT2D eigenvalue weighted by molar-refractivity contribution is -0.384. The second-order valence-electron chi connectivity index (χ2n) is 3.99. The van der Waals surface area contributed by atoms with Crippen molar-refractivity contribution >= 4 is 34.3 Å². The van der Waals surface area contributed by atoms with Gasteiger partial charge in [0.1, 0.15) is 5.69 Å². The molecule has 0 radical (unpaired) electrons. The number of benzene rings is 1. The molecule has 5 nitrogen and oxygen atoms in total. The van der Waals surface area contributed by atoms with Crippen LogP contribution in [-0.2, 0) is 6.42 Å². The Hall–Kier alpha value is -1.66. The Kier molecular flexibility index (Phi) is 4.34. The second-order valence-corrected chi connectivity index (χ2v) is 5.40. The SMILES string of the molecule is CN(CCc1nccs1)c1ccc(Cl)cc1[N+](=O)[O-]. The average Bonchev–Trinajstić information content (AvgIpc) is 2.88. The Balaban J connectivity index is 2.14. The molecule has 0 aliphatic rings. The van der Waals surface area contributed by atoms with E-state index in [4.69, 9.17) is 11.6 Å². The van der Waals surface area contributed by atoms with E-state index in [2.05, 4.69) is 4.98 Å². The quantitative estimate of drug-likeness (QED) is 0.627. The number of nitro benzene ring substituents is 1. The van der Waals surface area contributed by atoms with Crippen molar-refractivity contribution in [3.8, 4) is 0 Å². The molecule has 0 atom stereocenters. The van der Waals surface area contributed by atoms with Crippen LogP contribution in [0, 0.1) is 10.1 Å². The molecule has 0 spiro atoms. The van der Waals surface area contributed by atoms with Gasteiger partial charge in [0.2, 0.25) is 0 Å². The predicted octanol–water partition coefficient (Wildman–Crippen LogP) is 3.38. The zero-order chi connectivity index (χ0) is 13.8. The van der Waals surface area contributed by atoms with Gasteiger partial charge in [0, 0.05) is 42.7 Å². The van der Waals surface area contributed by atoms with Crippen molar-refractivity contribution in [3.63, 3.8) is 0 Å². The van der Waals surface area contributed by atoms with Gasteiger partial charge in [-0.25, -0.2) is 4.98 Å². The van der Waals surface area contributed by atoms with Gasteiger partial charge in [0.05, 0.1) is 9.93 Å². The number of nitro groups is 1. The number of halogens is 1. The van der Waals surface area contributed by atoms with Crippen molar-refractivity contribution in [2.45, 2.75) is 6.42 Å². The zero-order valence-electron chi connectivity index (χ0n) is 10.2. The summed E-state index contributed by atoms with van der Waals surface area (Å²) in [5, 5.41) is 14.3. The maximum absolute atomic E-state index is 11.0.